The van der Waals surface area contributed by atoms with Gasteiger partial charge in [-0.1, -0.05) is 38.0 Å². The normalized spacial score (nSPS) is 20.2. The minimum Gasteiger partial charge on any atom is -0.393 e. The van der Waals surface area contributed by atoms with Crippen LogP contribution in [-0.2, 0) is 0 Å². The second-order valence-corrected chi connectivity index (χ2v) is 5.98. The molecule has 0 aliphatic carbocycles. The maximum absolute atomic E-state index is 9.71. The topological polar surface area (TPSA) is 20.2 Å². The zero-order chi connectivity index (χ0) is 12.1. The van der Waals surface area contributed by atoms with Crippen molar-refractivity contribution >= 4 is 11.8 Å². The van der Waals surface area contributed by atoms with Gasteiger partial charge in [0.15, 0.2) is 0 Å². The molecule has 2 atom stereocenters. The summed E-state index contributed by atoms with van der Waals surface area (Å²) >= 11 is 1.98. The van der Waals surface area contributed by atoms with E-state index in [-0.39, 0.29) is 6.10 Å². The predicted octanol–water partition coefficient (Wildman–Crippen LogP) is 4.21. The van der Waals surface area contributed by atoms with E-state index < -0.39 is 0 Å². The van der Waals surface area contributed by atoms with Crippen LogP contribution in [0.4, 0.5) is 0 Å². The lowest BCUT2D eigenvalue weighted by atomic mass is 9.94. The molecule has 1 aromatic rings. The molecule has 1 aliphatic rings. The third kappa shape index (κ3) is 3.49. The zero-order valence-corrected chi connectivity index (χ0v) is 11.4. The molecule has 0 aromatic heterocycles. The largest absolute Gasteiger partial charge is 0.393 e. The van der Waals surface area contributed by atoms with E-state index in [2.05, 4.69) is 31.2 Å². The fourth-order valence-electron chi connectivity index (χ4n) is 2.55. The van der Waals surface area contributed by atoms with Crippen LogP contribution < -0.4 is 0 Å². The molecule has 0 radical (unpaired) electrons. The van der Waals surface area contributed by atoms with Gasteiger partial charge in [-0.3, -0.25) is 0 Å². The first-order valence-corrected chi connectivity index (χ1v) is 7.69. The van der Waals surface area contributed by atoms with Crippen LogP contribution in [0, 0.1) is 0 Å². The van der Waals surface area contributed by atoms with Crippen LogP contribution in [-0.4, -0.2) is 17.0 Å². The van der Waals surface area contributed by atoms with Gasteiger partial charge in [0, 0.05) is 10.6 Å². The highest BCUT2D eigenvalue weighted by Crippen LogP contribution is 2.41. The van der Waals surface area contributed by atoms with Crippen molar-refractivity contribution in [2.75, 3.05) is 5.75 Å². The van der Waals surface area contributed by atoms with Gasteiger partial charge in [0.2, 0.25) is 0 Å². The number of aliphatic hydroxyl groups is 1. The lowest BCUT2D eigenvalue weighted by Crippen LogP contribution is -2.06. The number of aliphatic hydroxyl groups excluding tert-OH is 1. The van der Waals surface area contributed by atoms with Crippen molar-refractivity contribution in [1.82, 2.24) is 0 Å². The Morgan fingerprint density at radius 3 is 3.00 bits per heavy atom. The number of fused-ring (bicyclic) bond motifs is 1. The Balaban J connectivity index is 1.78. The Labute approximate surface area is 109 Å². The van der Waals surface area contributed by atoms with Crippen molar-refractivity contribution in [3.05, 3.63) is 29.8 Å². The second-order valence-electron chi connectivity index (χ2n) is 4.92. The van der Waals surface area contributed by atoms with E-state index in [9.17, 15) is 5.11 Å². The first-order valence-electron chi connectivity index (χ1n) is 6.71. The molecule has 1 aliphatic heterocycles. The van der Waals surface area contributed by atoms with Gasteiger partial charge < -0.3 is 5.11 Å². The molecular weight excluding hydrogens is 228 g/mol. The minimum atomic E-state index is -0.0794. The average molecular weight is 250 g/mol. The molecule has 0 amide bonds. The van der Waals surface area contributed by atoms with Crippen LogP contribution >= 0.6 is 11.8 Å². The highest BCUT2D eigenvalue weighted by Gasteiger charge is 2.22. The summed E-state index contributed by atoms with van der Waals surface area (Å²) in [7, 11) is 0. The van der Waals surface area contributed by atoms with Gasteiger partial charge in [-0.2, -0.15) is 0 Å². The molecule has 0 saturated heterocycles. The molecule has 1 aromatic carbocycles. The molecule has 0 spiro atoms. The first kappa shape index (κ1) is 13.0. The van der Waals surface area contributed by atoms with Gasteiger partial charge in [-0.25, -0.2) is 0 Å². The van der Waals surface area contributed by atoms with E-state index in [1.54, 1.807) is 0 Å². The maximum atomic E-state index is 9.71. The summed E-state index contributed by atoms with van der Waals surface area (Å²) in [5.74, 6) is 1.94. The van der Waals surface area contributed by atoms with Gasteiger partial charge in [0.05, 0.1) is 6.10 Å². The summed E-state index contributed by atoms with van der Waals surface area (Å²) in [5.41, 5.74) is 1.53. The van der Waals surface area contributed by atoms with Crippen LogP contribution in [0.1, 0.15) is 50.5 Å². The second kappa shape index (κ2) is 6.46. The number of rotatable bonds is 6. The van der Waals surface area contributed by atoms with Crippen molar-refractivity contribution in [2.45, 2.75) is 55.9 Å². The number of hydrogen-bond acceptors (Lipinski definition) is 2. The first-order chi connectivity index (χ1) is 8.31. The van der Waals surface area contributed by atoms with Crippen LogP contribution in [0.25, 0.3) is 0 Å². The van der Waals surface area contributed by atoms with Crippen LogP contribution in [0.15, 0.2) is 29.2 Å². The summed E-state index contributed by atoms with van der Waals surface area (Å²) in [6.07, 6.45) is 5.31. The van der Waals surface area contributed by atoms with Crippen LogP contribution in [0.2, 0.25) is 0 Å². The molecule has 0 bridgehead atoms. The molecule has 2 rings (SSSR count). The number of hydrogen-bond donors (Lipinski definition) is 1. The molecule has 0 fully saturated rings. The molecule has 1 nitrogen and oxygen atoms in total. The minimum absolute atomic E-state index is 0.0794. The van der Waals surface area contributed by atoms with Gasteiger partial charge in [-0.05, 0) is 36.8 Å². The van der Waals surface area contributed by atoms with Crippen LogP contribution in [0.3, 0.4) is 0 Å². The fourth-order valence-corrected chi connectivity index (χ4v) is 3.85. The third-order valence-corrected chi connectivity index (χ3v) is 4.76. The van der Waals surface area contributed by atoms with Gasteiger partial charge in [-0.15, -0.1) is 11.8 Å². The molecule has 0 saturated carbocycles. The maximum Gasteiger partial charge on any atom is 0.0540 e. The van der Waals surface area contributed by atoms with Crippen molar-refractivity contribution in [2.24, 2.45) is 0 Å². The lowest BCUT2D eigenvalue weighted by molar-refractivity contribution is 0.149. The summed E-state index contributed by atoms with van der Waals surface area (Å²) in [4.78, 5) is 1.46. The molecule has 2 unspecified atom stereocenters. The highest BCUT2D eigenvalue weighted by molar-refractivity contribution is 7.99. The molecule has 1 heterocycles. The van der Waals surface area contributed by atoms with E-state index >= 15 is 0 Å². The van der Waals surface area contributed by atoms with E-state index in [0.717, 1.165) is 25.7 Å². The summed E-state index contributed by atoms with van der Waals surface area (Å²) in [6, 6.07) is 8.76. The van der Waals surface area contributed by atoms with Crippen molar-refractivity contribution in [1.29, 1.82) is 0 Å². The lowest BCUT2D eigenvalue weighted by Gasteiger charge is -2.12. The molecular formula is C15H22OS. The van der Waals surface area contributed by atoms with E-state index in [0.29, 0.717) is 5.92 Å². The highest BCUT2D eigenvalue weighted by atomic mass is 32.2. The van der Waals surface area contributed by atoms with E-state index in [1.807, 2.05) is 11.8 Å². The monoisotopic (exact) mass is 250 g/mol. The smallest absolute Gasteiger partial charge is 0.0540 e. The summed E-state index contributed by atoms with van der Waals surface area (Å²) in [6.45, 7) is 2.13. The van der Waals surface area contributed by atoms with Gasteiger partial charge in [0.25, 0.3) is 0 Å². The third-order valence-electron chi connectivity index (χ3n) is 3.51. The summed E-state index contributed by atoms with van der Waals surface area (Å²) < 4.78 is 0. The Morgan fingerprint density at radius 1 is 1.35 bits per heavy atom. The van der Waals surface area contributed by atoms with Crippen molar-refractivity contribution < 1.29 is 5.11 Å². The molecule has 1 N–H and O–H groups in total. The Hall–Kier alpha value is -0.470. The molecule has 94 valence electrons. The Morgan fingerprint density at radius 2 is 2.18 bits per heavy atom. The van der Waals surface area contributed by atoms with Crippen LogP contribution in [0.5, 0.6) is 0 Å². The van der Waals surface area contributed by atoms with Gasteiger partial charge in [0.1, 0.15) is 0 Å². The van der Waals surface area contributed by atoms with Crippen molar-refractivity contribution in [3.63, 3.8) is 0 Å². The number of thioether (sulfide) groups is 1. The van der Waals surface area contributed by atoms with E-state index in [1.165, 1.54) is 22.6 Å². The molecule has 17 heavy (non-hydrogen) atoms. The Bertz CT molecular complexity index is 351. The standard InChI is InChI=1S/C15H22OS/c1-2-6-13(16)8-5-7-12-11-17-15-10-4-3-9-14(12)15/h3-4,9-10,12-13,16H,2,5-8,11H2,1H3. The number of benzene rings is 1. The quantitative estimate of drug-likeness (QED) is 0.816. The van der Waals surface area contributed by atoms with Crippen molar-refractivity contribution in [3.8, 4) is 0 Å². The van der Waals surface area contributed by atoms with E-state index in [4.69, 9.17) is 0 Å². The predicted molar refractivity (Wildman–Crippen MR) is 74.7 cm³/mol. The fraction of sp³-hybridized carbons (Fsp3) is 0.600. The average Bonchev–Trinajstić information content (AvgIpc) is 2.73. The Kier molecular flexibility index (Phi) is 4.93. The SMILES string of the molecule is CCCC(O)CCCC1CSc2ccccc21. The summed E-state index contributed by atoms with van der Waals surface area (Å²) in [5, 5.41) is 9.71. The van der Waals surface area contributed by atoms with Gasteiger partial charge >= 0.3 is 0 Å². The zero-order valence-electron chi connectivity index (χ0n) is 10.6. The molecule has 2 heteroatoms.